The summed E-state index contributed by atoms with van der Waals surface area (Å²) >= 11 is 0. The van der Waals surface area contributed by atoms with Crippen molar-refractivity contribution in [3.8, 4) is 0 Å². The summed E-state index contributed by atoms with van der Waals surface area (Å²) in [4.78, 5) is 29.1. The number of nitrogens with one attached hydrogen (secondary N) is 2. The van der Waals surface area contributed by atoms with E-state index in [2.05, 4.69) is 41.7 Å². The van der Waals surface area contributed by atoms with Gasteiger partial charge in [0.1, 0.15) is 5.69 Å². The number of aromatic nitrogens is 2. The van der Waals surface area contributed by atoms with E-state index in [-0.39, 0.29) is 17.6 Å². The highest BCUT2D eigenvalue weighted by atomic mass is 16.3. The first-order valence-electron chi connectivity index (χ1n) is 15.1. The van der Waals surface area contributed by atoms with Crippen LogP contribution in [-0.2, 0) is 19.5 Å². The molecule has 0 saturated carbocycles. The highest BCUT2D eigenvalue weighted by Gasteiger charge is 2.31. The fourth-order valence-electron chi connectivity index (χ4n) is 5.71. The summed E-state index contributed by atoms with van der Waals surface area (Å²) in [7, 11) is 0. The maximum atomic E-state index is 13.6. The van der Waals surface area contributed by atoms with E-state index in [9.17, 15) is 14.7 Å². The lowest BCUT2D eigenvalue weighted by molar-refractivity contribution is 0.0588. The molecule has 2 aromatic carbocycles. The van der Waals surface area contributed by atoms with Crippen molar-refractivity contribution in [3.05, 3.63) is 88.7 Å². The number of hydrogen-bond acceptors (Lipinski definition) is 5. The number of piperidine rings is 1. The van der Waals surface area contributed by atoms with E-state index in [1.54, 1.807) is 10.7 Å². The molecule has 220 valence electrons. The lowest BCUT2D eigenvalue weighted by atomic mass is 9.98. The molecule has 1 aliphatic heterocycles. The summed E-state index contributed by atoms with van der Waals surface area (Å²) < 4.78 is 1.63. The molecule has 1 aliphatic rings. The first-order chi connectivity index (χ1) is 19.9. The number of aliphatic hydroxyl groups excluding tert-OH is 1. The zero-order chi connectivity index (χ0) is 29.2. The quantitative estimate of drug-likeness (QED) is 0.286. The second-order valence-electron chi connectivity index (χ2n) is 11.1. The van der Waals surface area contributed by atoms with Gasteiger partial charge >= 0.3 is 0 Å². The zero-order valence-electron chi connectivity index (χ0n) is 24.7. The van der Waals surface area contributed by atoms with E-state index in [0.29, 0.717) is 31.7 Å². The van der Waals surface area contributed by atoms with Gasteiger partial charge in [0.2, 0.25) is 0 Å². The lowest BCUT2D eigenvalue weighted by Gasteiger charge is -2.35. The summed E-state index contributed by atoms with van der Waals surface area (Å²) in [6, 6.07) is 19.3. The molecule has 0 bridgehead atoms. The van der Waals surface area contributed by atoms with Gasteiger partial charge in [-0.3, -0.25) is 14.3 Å². The number of rotatable bonds is 13. The van der Waals surface area contributed by atoms with Crippen molar-refractivity contribution in [2.75, 3.05) is 13.1 Å². The molecule has 0 spiro atoms. The van der Waals surface area contributed by atoms with Crippen LogP contribution in [0.15, 0.2) is 60.7 Å². The Morgan fingerprint density at radius 2 is 1.83 bits per heavy atom. The van der Waals surface area contributed by atoms with Crippen LogP contribution >= 0.6 is 0 Å². The third-order valence-electron chi connectivity index (χ3n) is 7.89. The maximum Gasteiger partial charge on any atom is 0.272 e. The van der Waals surface area contributed by atoms with Gasteiger partial charge in [0.25, 0.3) is 11.8 Å². The number of aryl methyl sites for hydroxylation is 2. The normalized spacial score (nSPS) is 16.8. The third-order valence-corrected chi connectivity index (χ3v) is 7.89. The minimum Gasteiger partial charge on any atom is -0.390 e. The van der Waals surface area contributed by atoms with Crippen LogP contribution in [-0.4, -0.2) is 62.9 Å². The number of amides is 2. The predicted molar refractivity (Wildman–Crippen MR) is 162 cm³/mol. The topological polar surface area (TPSA) is 99.5 Å². The highest BCUT2D eigenvalue weighted by molar-refractivity contribution is 5.98. The number of hydrogen-bond donors (Lipinski definition) is 3. The average molecular weight is 560 g/mol. The van der Waals surface area contributed by atoms with Gasteiger partial charge in [0.05, 0.1) is 12.1 Å². The SMILES string of the molecule is CCCC1CCCCN1C(=O)c1cc(C(=O)N[C@@H](Cc2ccccc2)[C@@H](O)CNCc2cccc(C)c2)nn1CC. The number of aliphatic hydroxyl groups is 1. The van der Waals surface area contributed by atoms with Crippen LogP contribution in [0.5, 0.6) is 0 Å². The Bertz CT molecular complexity index is 1270. The Balaban J connectivity index is 1.47. The summed E-state index contributed by atoms with van der Waals surface area (Å²) in [6.07, 6.45) is 4.80. The Kier molecular flexibility index (Phi) is 11.1. The predicted octanol–water partition coefficient (Wildman–Crippen LogP) is 4.50. The van der Waals surface area contributed by atoms with Crippen LogP contribution in [0.2, 0.25) is 0 Å². The van der Waals surface area contributed by atoms with Crippen LogP contribution < -0.4 is 10.6 Å². The first-order valence-corrected chi connectivity index (χ1v) is 15.1. The molecule has 3 aromatic rings. The van der Waals surface area contributed by atoms with Gasteiger partial charge in [-0.2, -0.15) is 5.10 Å². The van der Waals surface area contributed by atoms with Crippen LogP contribution in [0.4, 0.5) is 0 Å². The Labute approximate surface area is 244 Å². The zero-order valence-corrected chi connectivity index (χ0v) is 24.7. The summed E-state index contributed by atoms with van der Waals surface area (Å²) in [6.45, 7) is 8.28. The molecular weight excluding hydrogens is 514 g/mol. The molecule has 1 saturated heterocycles. The molecule has 2 heterocycles. The highest BCUT2D eigenvalue weighted by Crippen LogP contribution is 2.23. The number of carbonyl (C=O) groups is 2. The molecule has 2 amide bonds. The van der Waals surface area contributed by atoms with Crippen molar-refractivity contribution in [1.29, 1.82) is 0 Å². The number of benzene rings is 2. The average Bonchev–Trinajstić information content (AvgIpc) is 3.42. The Hall–Kier alpha value is -3.49. The van der Waals surface area contributed by atoms with Crippen LogP contribution in [0, 0.1) is 6.92 Å². The standard InChI is InChI=1S/C33H45N5O3/c1-4-12-27-17-9-10-18-37(27)33(41)30-21-29(36-38(30)5-2)32(40)35-28(20-25-14-7-6-8-15-25)31(39)23-34-22-26-16-11-13-24(3)19-26/h6-8,11,13-16,19,21,27-28,31,34,39H,4-5,9-10,12,17-18,20,22-23H2,1-3H3,(H,35,40)/t27?,28-,31-/m0/s1. The molecule has 41 heavy (non-hydrogen) atoms. The van der Waals surface area contributed by atoms with Crippen molar-refractivity contribution in [3.63, 3.8) is 0 Å². The number of nitrogens with zero attached hydrogens (tertiary/aromatic N) is 3. The summed E-state index contributed by atoms with van der Waals surface area (Å²) in [5, 5.41) is 22.0. The van der Waals surface area contributed by atoms with Crippen LogP contribution in [0.1, 0.15) is 83.6 Å². The van der Waals surface area contributed by atoms with Gasteiger partial charge in [-0.15, -0.1) is 0 Å². The van der Waals surface area contributed by atoms with Gasteiger partial charge in [0, 0.05) is 38.3 Å². The molecule has 0 radical (unpaired) electrons. The Morgan fingerprint density at radius 3 is 2.56 bits per heavy atom. The van der Waals surface area contributed by atoms with Gasteiger partial charge in [-0.25, -0.2) is 0 Å². The van der Waals surface area contributed by atoms with Crippen molar-refractivity contribution in [1.82, 2.24) is 25.3 Å². The smallest absolute Gasteiger partial charge is 0.272 e. The van der Waals surface area contributed by atoms with E-state index in [0.717, 1.165) is 49.8 Å². The van der Waals surface area contributed by atoms with Crippen molar-refractivity contribution in [2.45, 2.75) is 90.6 Å². The fourth-order valence-corrected chi connectivity index (χ4v) is 5.71. The Morgan fingerprint density at radius 1 is 1.05 bits per heavy atom. The minimum absolute atomic E-state index is 0.0576. The van der Waals surface area contributed by atoms with E-state index in [4.69, 9.17) is 0 Å². The molecule has 0 aliphatic carbocycles. The van der Waals surface area contributed by atoms with Crippen molar-refractivity contribution < 1.29 is 14.7 Å². The fraction of sp³-hybridized carbons (Fsp3) is 0.485. The maximum absolute atomic E-state index is 13.6. The molecule has 4 rings (SSSR count). The van der Waals surface area contributed by atoms with E-state index in [1.165, 1.54) is 5.56 Å². The first kappa shape index (κ1) is 30.5. The van der Waals surface area contributed by atoms with Crippen LogP contribution in [0.25, 0.3) is 0 Å². The molecule has 3 atom stereocenters. The van der Waals surface area contributed by atoms with Gasteiger partial charge < -0.3 is 20.6 Å². The van der Waals surface area contributed by atoms with Gasteiger partial charge in [-0.1, -0.05) is 73.5 Å². The summed E-state index contributed by atoms with van der Waals surface area (Å²) in [5.74, 6) is -0.452. The molecule has 3 N–H and O–H groups in total. The van der Waals surface area contributed by atoms with E-state index >= 15 is 0 Å². The molecular formula is C33H45N5O3. The van der Waals surface area contributed by atoms with Gasteiger partial charge in [0.15, 0.2) is 5.69 Å². The monoisotopic (exact) mass is 559 g/mol. The number of carbonyl (C=O) groups excluding carboxylic acids is 2. The minimum atomic E-state index is -0.832. The van der Waals surface area contributed by atoms with E-state index in [1.807, 2.05) is 54.3 Å². The number of likely N-dealkylation sites (tertiary alicyclic amines) is 1. The molecule has 8 nitrogen and oxygen atoms in total. The van der Waals surface area contributed by atoms with Crippen molar-refractivity contribution in [2.24, 2.45) is 0 Å². The molecule has 1 unspecified atom stereocenters. The molecule has 1 aromatic heterocycles. The second kappa shape index (κ2) is 14.9. The molecule has 8 heteroatoms. The largest absolute Gasteiger partial charge is 0.390 e. The lowest BCUT2D eigenvalue weighted by Crippen LogP contribution is -2.48. The van der Waals surface area contributed by atoms with Gasteiger partial charge in [-0.05, 0) is 57.1 Å². The van der Waals surface area contributed by atoms with Crippen molar-refractivity contribution >= 4 is 11.8 Å². The second-order valence-corrected chi connectivity index (χ2v) is 11.1. The third kappa shape index (κ3) is 8.27. The van der Waals surface area contributed by atoms with Crippen LogP contribution in [0.3, 0.4) is 0 Å². The molecule has 1 fully saturated rings. The summed E-state index contributed by atoms with van der Waals surface area (Å²) in [5.41, 5.74) is 3.97. The van der Waals surface area contributed by atoms with E-state index < -0.39 is 18.1 Å².